The zero-order valence-electron chi connectivity index (χ0n) is 21.4. The van der Waals surface area contributed by atoms with Crippen LogP contribution in [0, 0.1) is 0 Å². The second-order valence-corrected chi connectivity index (χ2v) is 9.09. The van der Waals surface area contributed by atoms with E-state index in [9.17, 15) is 9.59 Å². The predicted molar refractivity (Wildman–Crippen MR) is 152 cm³/mol. The molecule has 0 fully saturated rings. The summed E-state index contributed by atoms with van der Waals surface area (Å²) >= 11 is 0. The van der Waals surface area contributed by atoms with Gasteiger partial charge in [-0.05, 0) is 41.5 Å². The zero-order chi connectivity index (χ0) is 26.5. The number of benzene rings is 4. The van der Waals surface area contributed by atoms with Crippen molar-refractivity contribution in [1.82, 2.24) is 15.8 Å². The number of hydrogen-bond donors (Lipinski definition) is 2. The Kier molecular flexibility index (Phi) is 7.40. The van der Waals surface area contributed by atoms with E-state index in [0.717, 1.165) is 32.9 Å². The molecule has 4 aromatic carbocycles. The Labute approximate surface area is 221 Å². The van der Waals surface area contributed by atoms with E-state index in [4.69, 9.17) is 4.98 Å². The number of nitrogens with one attached hydrogen (secondary N) is 2. The molecule has 0 saturated carbocycles. The number of hydrazine groups is 2. The van der Waals surface area contributed by atoms with Crippen molar-refractivity contribution in [2.24, 2.45) is 0 Å². The van der Waals surface area contributed by atoms with Crippen molar-refractivity contribution in [3.05, 3.63) is 114 Å². The third-order valence-corrected chi connectivity index (χ3v) is 6.29. The van der Waals surface area contributed by atoms with Crippen molar-refractivity contribution in [3.8, 4) is 0 Å². The molecular weight excluding hydrogens is 474 g/mol. The molecule has 2 N–H and O–H groups in total. The topological polar surface area (TPSA) is 77.6 Å². The van der Waals surface area contributed by atoms with Crippen LogP contribution >= 0.6 is 0 Å². The number of aromatic nitrogens is 1. The van der Waals surface area contributed by atoms with E-state index in [2.05, 4.69) is 16.9 Å². The molecule has 5 aromatic rings. The van der Waals surface area contributed by atoms with E-state index in [0.29, 0.717) is 24.5 Å². The van der Waals surface area contributed by atoms with Crippen LogP contribution in [0.2, 0.25) is 0 Å². The summed E-state index contributed by atoms with van der Waals surface area (Å²) in [6, 6.07) is 33.5. The summed E-state index contributed by atoms with van der Waals surface area (Å²) in [6.07, 6.45) is 0. The molecule has 5 rings (SSSR count). The van der Waals surface area contributed by atoms with Crippen LogP contribution in [0.3, 0.4) is 0 Å². The normalized spacial score (nSPS) is 11.0. The molecule has 0 spiro atoms. The molecule has 0 bridgehead atoms. The maximum absolute atomic E-state index is 12.5. The highest BCUT2D eigenvalue weighted by Gasteiger charge is 2.15. The molecule has 7 nitrogen and oxygen atoms in total. The van der Waals surface area contributed by atoms with Crippen LogP contribution in [0.5, 0.6) is 0 Å². The van der Waals surface area contributed by atoms with Crippen LogP contribution in [0.15, 0.2) is 103 Å². The molecule has 7 heteroatoms. The van der Waals surface area contributed by atoms with Gasteiger partial charge in [0.15, 0.2) is 0 Å². The molecule has 1 aromatic heterocycles. The first-order chi connectivity index (χ1) is 18.5. The number of amides is 2. The van der Waals surface area contributed by atoms with Crippen molar-refractivity contribution in [1.29, 1.82) is 0 Å². The smallest absolute Gasteiger partial charge is 0.238 e. The van der Waals surface area contributed by atoms with Gasteiger partial charge in [0.1, 0.15) is 0 Å². The monoisotopic (exact) mass is 503 g/mol. The highest BCUT2D eigenvalue weighted by atomic mass is 16.2. The summed E-state index contributed by atoms with van der Waals surface area (Å²) in [5.74, 6) is -0.241. The third kappa shape index (κ3) is 5.70. The Morgan fingerprint density at radius 3 is 1.42 bits per heavy atom. The van der Waals surface area contributed by atoms with Gasteiger partial charge in [0, 0.05) is 37.7 Å². The SMILES string of the molecule is CC(=O)N(NCc1ccccc1)c1ccc2cc3ccc(N(NCc4ccccc4)C(C)=O)cc3nc2c1. The average molecular weight is 504 g/mol. The van der Waals surface area contributed by atoms with E-state index in [-0.39, 0.29) is 11.8 Å². The van der Waals surface area contributed by atoms with Gasteiger partial charge in [0.2, 0.25) is 11.8 Å². The Morgan fingerprint density at radius 2 is 1.03 bits per heavy atom. The van der Waals surface area contributed by atoms with Crippen LogP contribution in [0.4, 0.5) is 11.4 Å². The Hall–Kier alpha value is -4.59. The van der Waals surface area contributed by atoms with Gasteiger partial charge in [-0.3, -0.25) is 9.59 Å². The highest BCUT2D eigenvalue weighted by Crippen LogP contribution is 2.27. The van der Waals surface area contributed by atoms with Gasteiger partial charge in [0.25, 0.3) is 0 Å². The number of hydrogen-bond acceptors (Lipinski definition) is 5. The lowest BCUT2D eigenvalue weighted by Gasteiger charge is -2.23. The maximum atomic E-state index is 12.5. The van der Waals surface area contributed by atoms with Crippen molar-refractivity contribution in [3.63, 3.8) is 0 Å². The first kappa shape index (κ1) is 25.1. The number of fused-ring (bicyclic) bond motifs is 2. The summed E-state index contributed by atoms with van der Waals surface area (Å²) in [7, 11) is 0. The molecule has 0 radical (unpaired) electrons. The van der Waals surface area contributed by atoms with E-state index in [1.807, 2.05) is 97.1 Å². The summed E-state index contributed by atoms with van der Waals surface area (Å²) < 4.78 is 0. The lowest BCUT2D eigenvalue weighted by molar-refractivity contribution is -0.118. The Morgan fingerprint density at radius 1 is 0.605 bits per heavy atom. The Bertz CT molecular complexity index is 1470. The number of anilines is 2. The maximum Gasteiger partial charge on any atom is 0.238 e. The Balaban J connectivity index is 1.43. The van der Waals surface area contributed by atoms with Gasteiger partial charge in [-0.2, -0.15) is 0 Å². The lowest BCUT2D eigenvalue weighted by atomic mass is 10.1. The fraction of sp³-hybridized carbons (Fsp3) is 0.129. The van der Waals surface area contributed by atoms with Crippen molar-refractivity contribution < 1.29 is 9.59 Å². The first-order valence-corrected chi connectivity index (χ1v) is 12.5. The van der Waals surface area contributed by atoms with Crippen LogP contribution in [0.25, 0.3) is 21.8 Å². The van der Waals surface area contributed by atoms with Gasteiger partial charge < -0.3 is 0 Å². The molecule has 0 saturated heterocycles. The van der Waals surface area contributed by atoms with E-state index in [1.54, 1.807) is 10.0 Å². The minimum absolute atomic E-state index is 0.120. The van der Waals surface area contributed by atoms with Gasteiger partial charge in [-0.25, -0.2) is 25.9 Å². The average Bonchev–Trinajstić information content (AvgIpc) is 2.93. The molecule has 190 valence electrons. The minimum Gasteiger partial charge on any atom is -0.273 e. The quantitative estimate of drug-likeness (QED) is 0.216. The number of nitrogens with zero attached hydrogens (tertiary/aromatic N) is 3. The fourth-order valence-electron chi connectivity index (χ4n) is 4.38. The second kappa shape index (κ2) is 11.2. The van der Waals surface area contributed by atoms with E-state index >= 15 is 0 Å². The molecule has 2 amide bonds. The first-order valence-electron chi connectivity index (χ1n) is 12.5. The highest BCUT2D eigenvalue weighted by molar-refractivity contribution is 5.99. The van der Waals surface area contributed by atoms with Gasteiger partial charge in [-0.1, -0.05) is 72.8 Å². The van der Waals surface area contributed by atoms with Crippen LogP contribution in [-0.2, 0) is 22.7 Å². The fourth-order valence-corrected chi connectivity index (χ4v) is 4.38. The van der Waals surface area contributed by atoms with Crippen molar-refractivity contribution in [2.75, 3.05) is 10.0 Å². The van der Waals surface area contributed by atoms with Crippen LogP contribution in [0.1, 0.15) is 25.0 Å². The standard InChI is InChI=1S/C31H29N5O2/c1-22(37)35(32-20-24-9-5-3-6-10-24)28-15-13-26-17-27-14-16-29(19-31(27)34-30(26)18-28)36(23(2)38)33-21-25-11-7-4-8-12-25/h3-19,32-33H,20-21H2,1-2H3. The minimum atomic E-state index is -0.120. The van der Waals surface area contributed by atoms with Crippen molar-refractivity contribution in [2.45, 2.75) is 26.9 Å². The van der Waals surface area contributed by atoms with Gasteiger partial charge >= 0.3 is 0 Å². The summed E-state index contributed by atoms with van der Waals surface area (Å²) in [5, 5.41) is 5.01. The summed E-state index contributed by atoms with van der Waals surface area (Å²) in [5.41, 5.74) is 11.5. The molecule has 0 unspecified atom stereocenters. The van der Waals surface area contributed by atoms with Crippen molar-refractivity contribution >= 4 is 45.0 Å². The predicted octanol–water partition coefficient (Wildman–Crippen LogP) is 5.50. The van der Waals surface area contributed by atoms with E-state index in [1.165, 1.54) is 13.8 Å². The van der Waals surface area contributed by atoms with Gasteiger partial charge in [-0.15, -0.1) is 0 Å². The molecule has 1 heterocycles. The van der Waals surface area contributed by atoms with Gasteiger partial charge in [0.05, 0.1) is 22.4 Å². The molecule has 0 atom stereocenters. The summed E-state index contributed by atoms with van der Waals surface area (Å²) in [4.78, 5) is 29.8. The van der Waals surface area contributed by atoms with Crippen LogP contribution in [-0.4, -0.2) is 16.8 Å². The molecular formula is C31H29N5O2. The van der Waals surface area contributed by atoms with Crippen LogP contribution < -0.4 is 20.9 Å². The van der Waals surface area contributed by atoms with E-state index < -0.39 is 0 Å². The lowest BCUT2D eigenvalue weighted by Crippen LogP contribution is -2.41. The molecule has 0 aliphatic heterocycles. The number of rotatable bonds is 8. The largest absolute Gasteiger partial charge is 0.273 e. The molecule has 0 aliphatic rings. The number of carbonyl (C=O) groups excluding carboxylic acids is 2. The second-order valence-electron chi connectivity index (χ2n) is 9.09. The number of pyridine rings is 1. The third-order valence-electron chi connectivity index (χ3n) is 6.29. The number of carbonyl (C=O) groups is 2. The molecule has 0 aliphatic carbocycles. The molecule has 38 heavy (non-hydrogen) atoms. The zero-order valence-corrected chi connectivity index (χ0v) is 21.4. The summed E-state index contributed by atoms with van der Waals surface area (Å²) in [6.45, 7) is 4.09.